The van der Waals surface area contributed by atoms with Gasteiger partial charge in [0, 0.05) is 0 Å². The predicted molar refractivity (Wildman–Crippen MR) is 24.5 cm³/mol. The molecule has 0 spiro atoms. The minimum Gasteiger partial charge on any atom is -0.794 e. The first-order valence-corrected chi connectivity index (χ1v) is 2.23. The zero-order valence-electron chi connectivity index (χ0n) is 2.73. The van der Waals surface area contributed by atoms with Crippen LogP contribution in [0.15, 0.2) is 0 Å². The second kappa shape index (κ2) is 9.05. The number of hydrogen-bond acceptors (Lipinski definition) is 2. The van der Waals surface area contributed by atoms with Gasteiger partial charge in [0.1, 0.15) is 0 Å². The molecule has 0 rings (SSSR count). The summed E-state index contributed by atoms with van der Waals surface area (Å²) in [7, 11) is 0. The largest absolute Gasteiger partial charge is 2.00 e. The normalized spacial score (nSPS) is 6.00. The van der Waals surface area contributed by atoms with Crippen molar-refractivity contribution in [2.45, 2.75) is 0 Å². The summed E-state index contributed by atoms with van der Waals surface area (Å²) < 4.78 is 0. The van der Waals surface area contributed by atoms with E-state index in [1.54, 1.807) is 0 Å². The van der Waals surface area contributed by atoms with Crippen LogP contribution in [-0.4, -0.2) is 11.5 Å². The molecule has 0 nitrogen and oxygen atoms in total. The van der Waals surface area contributed by atoms with Crippen molar-refractivity contribution in [3.63, 3.8) is 0 Å². The Morgan fingerprint density at radius 2 is 1.20 bits per heavy atom. The maximum atomic E-state index is 4.45. The molecule has 5 heavy (non-hydrogen) atoms. The van der Waals surface area contributed by atoms with Crippen LogP contribution in [0.25, 0.3) is 0 Å². The molecule has 0 aromatic heterocycles. The molecule has 0 aliphatic heterocycles. The first-order chi connectivity index (χ1) is 1.91. The van der Waals surface area contributed by atoms with Crippen molar-refractivity contribution in [3.05, 3.63) is 0 Å². The monoisotopic (exact) mass is 140 g/mol. The van der Waals surface area contributed by atoms with Crippen LogP contribution in [0.3, 0.4) is 0 Å². The smallest absolute Gasteiger partial charge is 0.794 e. The van der Waals surface area contributed by atoms with E-state index >= 15 is 0 Å². The third-order valence-electron chi connectivity index (χ3n) is 0.0833. The zero-order valence-corrected chi connectivity index (χ0v) is 5.93. The fraction of sp³-hybridized carbons (Fsp3) is 1.00. The quantitative estimate of drug-likeness (QED) is 0.373. The Balaban J connectivity index is 0. The minimum atomic E-state index is 0. The summed E-state index contributed by atoms with van der Waals surface area (Å²) in [4.78, 5) is 0. The van der Waals surface area contributed by atoms with Gasteiger partial charge < -0.3 is 25.3 Å². The van der Waals surface area contributed by atoms with Gasteiger partial charge in [-0.05, 0) is 0 Å². The Hall–Kier alpha value is 1.41. The maximum Gasteiger partial charge on any atom is 2.00 e. The van der Waals surface area contributed by atoms with E-state index in [-0.39, 0.29) is 21.7 Å². The van der Waals surface area contributed by atoms with E-state index in [9.17, 15) is 0 Å². The summed E-state index contributed by atoms with van der Waals surface area (Å²) in [6.45, 7) is 0. The summed E-state index contributed by atoms with van der Waals surface area (Å²) in [6.07, 6.45) is 0. The van der Waals surface area contributed by atoms with Gasteiger partial charge in [0.05, 0.1) is 0 Å². The van der Waals surface area contributed by atoms with Crippen molar-refractivity contribution >= 4 is 25.3 Å². The Morgan fingerprint density at radius 1 is 1.00 bits per heavy atom. The molecule has 0 aliphatic carbocycles. The van der Waals surface area contributed by atoms with Crippen molar-refractivity contribution in [2.24, 2.45) is 0 Å². The van der Waals surface area contributed by atoms with Crippen LogP contribution in [0.2, 0.25) is 0 Å². The Labute approximate surface area is 58.4 Å². The average molecular weight is 140 g/mol. The molecule has 0 N–H and O–H groups in total. The Kier molecular flexibility index (Phi) is 17.5. The fourth-order valence-electron chi connectivity index (χ4n) is 0. The molecule has 0 amide bonds. The third-order valence-corrected chi connectivity index (χ3v) is 0.750. The van der Waals surface area contributed by atoms with Gasteiger partial charge in [0.2, 0.25) is 0 Å². The number of hydrogen-bond donors (Lipinski definition) is 0. The molecule has 0 atom stereocenters. The molecule has 0 aromatic rings. The number of rotatable bonds is 1. The molecule has 0 radical (unpaired) electrons. The van der Waals surface area contributed by atoms with Gasteiger partial charge in [-0.3, -0.25) is 0 Å². The molecule has 0 heterocycles. The van der Waals surface area contributed by atoms with Crippen LogP contribution >= 0.6 is 0 Å². The molecule has 0 aliphatic rings. The van der Waals surface area contributed by atoms with Gasteiger partial charge >= 0.3 is 21.7 Å². The van der Waals surface area contributed by atoms with E-state index in [4.69, 9.17) is 0 Å². The van der Waals surface area contributed by atoms with Crippen LogP contribution in [-0.2, 0) is 47.0 Å². The van der Waals surface area contributed by atoms with Crippen LogP contribution in [0.1, 0.15) is 0 Å². The fourth-order valence-corrected chi connectivity index (χ4v) is 0. The minimum absolute atomic E-state index is 0. The van der Waals surface area contributed by atoms with Crippen molar-refractivity contribution < 1.29 is 21.7 Å². The van der Waals surface area contributed by atoms with E-state index in [1.165, 1.54) is 0 Å². The van der Waals surface area contributed by atoms with Crippen molar-refractivity contribution in [2.75, 3.05) is 11.5 Å². The van der Waals surface area contributed by atoms with E-state index in [1.807, 2.05) is 0 Å². The van der Waals surface area contributed by atoms with Gasteiger partial charge in [-0.1, -0.05) is 0 Å². The van der Waals surface area contributed by atoms with E-state index in [2.05, 4.69) is 25.3 Å². The van der Waals surface area contributed by atoms with E-state index < -0.39 is 0 Å². The maximum absolute atomic E-state index is 4.45. The second-order valence-corrected chi connectivity index (χ2v) is 1.22. The van der Waals surface area contributed by atoms with E-state index in [0.717, 1.165) is 11.5 Å². The first kappa shape index (κ1) is 9.65. The molecular formula is C2H4S2Ti. The molecule has 0 saturated carbocycles. The second-order valence-electron chi connectivity index (χ2n) is 0.408. The molecule has 0 unspecified atom stereocenters. The van der Waals surface area contributed by atoms with E-state index in [0.29, 0.717) is 0 Å². The van der Waals surface area contributed by atoms with Crippen molar-refractivity contribution in [1.82, 2.24) is 0 Å². The Bertz CT molecular complexity index is 9.61. The third kappa shape index (κ3) is 10.8. The molecule has 28 valence electrons. The first-order valence-electron chi connectivity index (χ1n) is 1.08. The van der Waals surface area contributed by atoms with Crippen LogP contribution in [0.5, 0.6) is 0 Å². The van der Waals surface area contributed by atoms with Gasteiger partial charge in [-0.15, -0.1) is 0 Å². The van der Waals surface area contributed by atoms with Gasteiger partial charge in [0.15, 0.2) is 0 Å². The van der Waals surface area contributed by atoms with Crippen molar-refractivity contribution in [3.8, 4) is 0 Å². The summed E-state index contributed by atoms with van der Waals surface area (Å²) in [5, 5.41) is 0. The van der Waals surface area contributed by atoms with Crippen molar-refractivity contribution in [1.29, 1.82) is 0 Å². The van der Waals surface area contributed by atoms with Crippen LogP contribution < -0.4 is 0 Å². The molecular weight excluding hydrogens is 136 g/mol. The molecule has 0 fully saturated rings. The van der Waals surface area contributed by atoms with Crippen LogP contribution in [0.4, 0.5) is 0 Å². The summed E-state index contributed by atoms with van der Waals surface area (Å²) in [5.74, 6) is 1.44. The summed E-state index contributed by atoms with van der Waals surface area (Å²) in [5.41, 5.74) is 0. The summed E-state index contributed by atoms with van der Waals surface area (Å²) >= 11 is 8.90. The topological polar surface area (TPSA) is 0 Å². The van der Waals surface area contributed by atoms with Gasteiger partial charge in [-0.2, -0.15) is 11.5 Å². The zero-order chi connectivity index (χ0) is 3.41. The van der Waals surface area contributed by atoms with Crippen LogP contribution in [0, 0.1) is 0 Å². The SMILES string of the molecule is [S-]CC[S-].[Ti+2]. The standard InChI is InChI=1S/C2H6S2.Ti/c3-1-2-4;/h3-4H,1-2H2;/q;+2/p-2. The van der Waals surface area contributed by atoms with Gasteiger partial charge in [0.25, 0.3) is 0 Å². The molecule has 3 heteroatoms. The predicted octanol–water partition coefficient (Wildman–Crippen LogP) is 0.0777. The molecule has 0 bridgehead atoms. The molecule has 0 aromatic carbocycles. The average Bonchev–Trinajstić information content (AvgIpc) is 1.37. The van der Waals surface area contributed by atoms with Gasteiger partial charge in [-0.25, -0.2) is 0 Å². The molecule has 0 saturated heterocycles. The summed E-state index contributed by atoms with van der Waals surface area (Å²) in [6, 6.07) is 0. The Morgan fingerprint density at radius 3 is 1.20 bits per heavy atom.